The maximum absolute atomic E-state index is 12.4. The molecule has 0 saturated heterocycles. The lowest BCUT2D eigenvalue weighted by Crippen LogP contribution is -2.03. The summed E-state index contributed by atoms with van der Waals surface area (Å²) in [6.45, 7) is 0. The van der Waals surface area contributed by atoms with Gasteiger partial charge >= 0.3 is 6.18 Å². The molecule has 1 aromatic heterocycles. The van der Waals surface area contributed by atoms with Gasteiger partial charge in [0.2, 0.25) is 0 Å². The van der Waals surface area contributed by atoms with Crippen molar-refractivity contribution in [2.24, 2.45) is 0 Å². The van der Waals surface area contributed by atoms with Crippen LogP contribution in [0.3, 0.4) is 0 Å². The van der Waals surface area contributed by atoms with E-state index in [1.807, 2.05) is 0 Å². The maximum Gasteiger partial charge on any atom is 0.443 e. The summed E-state index contributed by atoms with van der Waals surface area (Å²) < 4.78 is 37.2. The predicted octanol–water partition coefficient (Wildman–Crippen LogP) is 4.39. The van der Waals surface area contributed by atoms with Crippen molar-refractivity contribution in [2.75, 3.05) is 0 Å². The second-order valence-electron chi connectivity index (χ2n) is 3.46. The van der Waals surface area contributed by atoms with Crippen molar-refractivity contribution in [3.63, 3.8) is 0 Å². The molecule has 0 aliphatic rings. The Morgan fingerprint density at radius 3 is 2.53 bits per heavy atom. The predicted molar refractivity (Wildman–Crippen MR) is 64.2 cm³/mol. The lowest BCUT2D eigenvalue weighted by molar-refractivity contribution is -0.384. The van der Waals surface area contributed by atoms with E-state index in [9.17, 15) is 23.3 Å². The van der Waals surface area contributed by atoms with Gasteiger partial charge < -0.3 is 0 Å². The fourth-order valence-electron chi connectivity index (χ4n) is 1.35. The normalized spacial score (nSPS) is 11.6. The fourth-order valence-corrected chi connectivity index (χ4v) is 2.31. The van der Waals surface area contributed by atoms with Crippen LogP contribution >= 0.6 is 22.9 Å². The molecule has 1 heterocycles. The van der Waals surface area contributed by atoms with E-state index in [2.05, 4.69) is 4.98 Å². The third-order valence-electron chi connectivity index (χ3n) is 2.19. The number of nitro benzene ring substituents is 1. The monoisotopic (exact) mass is 308 g/mol. The van der Waals surface area contributed by atoms with Crippen LogP contribution in [0.4, 0.5) is 18.9 Å². The molecule has 19 heavy (non-hydrogen) atoms. The van der Waals surface area contributed by atoms with E-state index in [0.29, 0.717) is 11.3 Å². The minimum Gasteiger partial charge on any atom is -0.258 e. The minimum atomic E-state index is -4.52. The maximum atomic E-state index is 12.4. The number of thiazole rings is 1. The van der Waals surface area contributed by atoms with Crippen LogP contribution in [0.2, 0.25) is 5.02 Å². The molecule has 0 aliphatic carbocycles. The van der Waals surface area contributed by atoms with Gasteiger partial charge in [0, 0.05) is 23.1 Å². The van der Waals surface area contributed by atoms with Gasteiger partial charge in [-0.15, -0.1) is 11.3 Å². The van der Waals surface area contributed by atoms with Crippen LogP contribution in [0.1, 0.15) is 5.01 Å². The summed E-state index contributed by atoms with van der Waals surface area (Å²) in [6, 6.07) is 3.51. The molecule has 0 spiro atoms. The number of alkyl halides is 3. The molecule has 0 aliphatic heterocycles. The molecule has 0 fully saturated rings. The van der Waals surface area contributed by atoms with E-state index in [1.165, 1.54) is 11.4 Å². The van der Waals surface area contributed by atoms with Crippen LogP contribution in [0.5, 0.6) is 0 Å². The number of non-ortho nitro benzene ring substituents is 1. The smallest absolute Gasteiger partial charge is 0.258 e. The average molecular weight is 309 g/mol. The van der Waals surface area contributed by atoms with Crippen molar-refractivity contribution in [1.82, 2.24) is 4.98 Å². The van der Waals surface area contributed by atoms with Crippen molar-refractivity contribution < 1.29 is 18.1 Å². The zero-order chi connectivity index (χ0) is 14.2. The highest BCUT2D eigenvalue weighted by Gasteiger charge is 2.34. The highest BCUT2D eigenvalue weighted by molar-refractivity contribution is 7.10. The second kappa shape index (κ2) is 4.78. The van der Waals surface area contributed by atoms with E-state index in [1.54, 1.807) is 0 Å². The van der Waals surface area contributed by atoms with Gasteiger partial charge in [-0.1, -0.05) is 11.6 Å². The number of nitro groups is 1. The molecule has 0 bridgehead atoms. The molecule has 0 amide bonds. The number of halogens is 4. The van der Waals surface area contributed by atoms with Gasteiger partial charge in [0.05, 0.1) is 15.6 Å². The highest BCUT2D eigenvalue weighted by atomic mass is 35.5. The van der Waals surface area contributed by atoms with Crippen LogP contribution in [0, 0.1) is 10.1 Å². The molecule has 0 unspecified atom stereocenters. The lowest BCUT2D eigenvalue weighted by atomic mass is 10.1. The molecule has 0 N–H and O–H groups in total. The molecule has 0 saturated carbocycles. The number of rotatable bonds is 2. The van der Waals surface area contributed by atoms with Gasteiger partial charge in [-0.05, 0) is 6.07 Å². The topological polar surface area (TPSA) is 56.0 Å². The van der Waals surface area contributed by atoms with Crippen molar-refractivity contribution in [2.45, 2.75) is 6.18 Å². The van der Waals surface area contributed by atoms with Crippen LogP contribution in [-0.2, 0) is 6.18 Å². The Balaban J connectivity index is 2.43. The number of benzene rings is 1. The van der Waals surface area contributed by atoms with E-state index in [0.717, 1.165) is 12.1 Å². The lowest BCUT2D eigenvalue weighted by Gasteiger charge is -2.01. The van der Waals surface area contributed by atoms with Crippen LogP contribution in [0.25, 0.3) is 11.3 Å². The standard InChI is InChI=1S/C10H4ClF3N2O2S/c11-7-3-5(16(17)18)1-2-6(7)8-4-19-9(15-8)10(12,13)14/h1-4H. The second-order valence-corrected chi connectivity index (χ2v) is 4.72. The zero-order valence-corrected chi connectivity index (χ0v) is 10.5. The molecule has 100 valence electrons. The summed E-state index contributed by atoms with van der Waals surface area (Å²) in [6.07, 6.45) is -4.52. The average Bonchev–Trinajstić information content (AvgIpc) is 2.77. The Morgan fingerprint density at radius 2 is 2.05 bits per heavy atom. The first-order chi connectivity index (χ1) is 8.79. The summed E-state index contributed by atoms with van der Waals surface area (Å²) in [5.41, 5.74) is 0.0243. The third kappa shape index (κ3) is 2.85. The molecule has 0 radical (unpaired) electrons. The van der Waals surface area contributed by atoms with Gasteiger partial charge in [0.25, 0.3) is 5.69 Å². The molecule has 4 nitrogen and oxygen atoms in total. The quantitative estimate of drug-likeness (QED) is 0.610. The van der Waals surface area contributed by atoms with Crippen LogP contribution in [-0.4, -0.2) is 9.91 Å². The Bertz CT molecular complexity index is 642. The molecule has 2 rings (SSSR count). The van der Waals surface area contributed by atoms with Crippen LogP contribution < -0.4 is 0 Å². The van der Waals surface area contributed by atoms with Gasteiger partial charge in [-0.2, -0.15) is 13.2 Å². The first-order valence-electron chi connectivity index (χ1n) is 4.76. The largest absolute Gasteiger partial charge is 0.443 e. The molecule has 2 aromatic rings. The van der Waals surface area contributed by atoms with E-state index in [4.69, 9.17) is 11.6 Å². The molecule has 9 heteroatoms. The van der Waals surface area contributed by atoms with Crippen molar-refractivity contribution in [1.29, 1.82) is 0 Å². The first kappa shape index (κ1) is 13.8. The fraction of sp³-hybridized carbons (Fsp3) is 0.100. The van der Waals surface area contributed by atoms with Gasteiger partial charge in [0.1, 0.15) is 0 Å². The summed E-state index contributed by atoms with van der Waals surface area (Å²) in [7, 11) is 0. The minimum absolute atomic E-state index is 0.0202. The molecule has 0 atom stereocenters. The Labute approximate surface area is 113 Å². The van der Waals surface area contributed by atoms with Crippen molar-refractivity contribution >= 4 is 28.6 Å². The first-order valence-corrected chi connectivity index (χ1v) is 6.02. The zero-order valence-electron chi connectivity index (χ0n) is 8.94. The molecular weight excluding hydrogens is 305 g/mol. The van der Waals surface area contributed by atoms with E-state index < -0.39 is 16.1 Å². The number of aromatic nitrogens is 1. The Kier molecular flexibility index (Phi) is 3.46. The van der Waals surface area contributed by atoms with E-state index >= 15 is 0 Å². The highest BCUT2D eigenvalue weighted by Crippen LogP contribution is 2.36. The SMILES string of the molecule is O=[N+]([O-])c1ccc(-c2csc(C(F)(F)F)n2)c(Cl)c1. The summed E-state index contributed by atoms with van der Waals surface area (Å²) in [4.78, 5) is 13.3. The summed E-state index contributed by atoms with van der Waals surface area (Å²) in [5, 5.41) is 10.7. The van der Waals surface area contributed by atoms with Gasteiger partial charge in [0.15, 0.2) is 5.01 Å². The molecule has 1 aromatic carbocycles. The Morgan fingerprint density at radius 1 is 1.37 bits per heavy atom. The third-order valence-corrected chi connectivity index (χ3v) is 3.39. The number of hydrogen-bond acceptors (Lipinski definition) is 4. The van der Waals surface area contributed by atoms with Crippen LogP contribution in [0.15, 0.2) is 23.6 Å². The summed E-state index contributed by atoms with van der Waals surface area (Å²) in [5.74, 6) is 0. The Hall–Kier alpha value is -1.67. The number of nitrogens with zero attached hydrogens (tertiary/aromatic N) is 2. The van der Waals surface area contributed by atoms with Gasteiger partial charge in [-0.25, -0.2) is 4.98 Å². The number of hydrogen-bond donors (Lipinski definition) is 0. The van der Waals surface area contributed by atoms with Gasteiger partial charge in [-0.3, -0.25) is 10.1 Å². The van der Waals surface area contributed by atoms with Crippen molar-refractivity contribution in [3.05, 3.63) is 43.7 Å². The molecular formula is C10H4ClF3N2O2S. The van der Waals surface area contributed by atoms with E-state index in [-0.39, 0.29) is 22.0 Å². The van der Waals surface area contributed by atoms with Crippen molar-refractivity contribution in [3.8, 4) is 11.3 Å². The summed E-state index contributed by atoms with van der Waals surface area (Å²) >= 11 is 6.25.